The average Bonchev–Trinajstić information content (AvgIpc) is 2.30. The van der Waals surface area contributed by atoms with E-state index in [1.807, 2.05) is 12.3 Å². The van der Waals surface area contributed by atoms with E-state index in [0.717, 1.165) is 0 Å². The number of amides is 1. The number of nitrogens with two attached hydrogens (primary N) is 1. The molecule has 0 saturated carbocycles. The van der Waals surface area contributed by atoms with Crippen molar-refractivity contribution in [1.82, 2.24) is 5.43 Å². The van der Waals surface area contributed by atoms with Crippen molar-refractivity contribution in [3.63, 3.8) is 0 Å². The molecule has 0 spiro atoms. The van der Waals surface area contributed by atoms with Crippen LogP contribution in [0.2, 0.25) is 0 Å². The summed E-state index contributed by atoms with van der Waals surface area (Å²) in [6.45, 7) is 4.14. The summed E-state index contributed by atoms with van der Waals surface area (Å²) in [4.78, 5) is 10.9. The van der Waals surface area contributed by atoms with E-state index in [9.17, 15) is 4.79 Å². The molecule has 3 N–H and O–H groups in total. The Morgan fingerprint density at radius 3 is 2.92 bits per heavy atom. The molecule has 1 aliphatic rings. The van der Waals surface area contributed by atoms with E-state index in [1.165, 1.54) is 0 Å². The van der Waals surface area contributed by atoms with E-state index in [4.69, 9.17) is 15.3 Å². The second-order valence-electron chi connectivity index (χ2n) is 3.12. The summed E-state index contributed by atoms with van der Waals surface area (Å²) in [7, 11) is 0. The van der Waals surface area contributed by atoms with Gasteiger partial charge in [0.25, 0.3) is 0 Å². The third-order valence-electron chi connectivity index (χ3n) is 1.72. The van der Waals surface area contributed by atoms with Crippen LogP contribution in [0.25, 0.3) is 0 Å². The van der Waals surface area contributed by atoms with E-state index in [2.05, 4.69) is 0 Å². The van der Waals surface area contributed by atoms with Crippen molar-refractivity contribution >= 4 is 5.91 Å². The second kappa shape index (κ2) is 3.38. The number of hydrogen-bond acceptors (Lipinski definition) is 4. The number of nitrogens with one attached hydrogen (secondary N) is 1. The summed E-state index contributed by atoms with van der Waals surface area (Å²) in [5.41, 5.74) is 2.03. The van der Waals surface area contributed by atoms with Gasteiger partial charge in [0.05, 0.1) is 19.1 Å². The first-order valence-corrected chi connectivity index (χ1v) is 3.87. The van der Waals surface area contributed by atoms with Gasteiger partial charge < -0.3 is 9.47 Å². The summed E-state index contributed by atoms with van der Waals surface area (Å²) < 4.78 is 10.7. The lowest BCUT2D eigenvalue weighted by Gasteiger charge is -2.21. The fourth-order valence-corrected chi connectivity index (χ4v) is 1.22. The highest BCUT2D eigenvalue weighted by Crippen LogP contribution is 2.25. The molecule has 1 amide bonds. The molecule has 2 atom stereocenters. The third kappa shape index (κ3) is 2.17. The normalized spacial score (nSPS) is 35.1. The SMILES string of the molecule is CC1COC(C)(CC(=O)NN)O1. The molecule has 0 radical (unpaired) electrons. The first-order chi connectivity index (χ1) is 5.56. The minimum Gasteiger partial charge on any atom is -0.347 e. The highest BCUT2D eigenvalue weighted by molar-refractivity contribution is 5.76. The van der Waals surface area contributed by atoms with Crippen LogP contribution in [0, 0.1) is 0 Å². The quantitative estimate of drug-likeness (QED) is 0.337. The summed E-state index contributed by atoms with van der Waals surface area (Å²) in [6.07, 6.45) is 0.175. The summed E-state index contributed by atoms with van der Waals surface area (Å²) >= 11 is 0. The highest BCUT2D eigenvalue weighted by atomic mass is 16.7. The molecule has 5 nitrogen and oxygen atoms in total. The van der Waals surface area contributed by atoms with Gasteiger partial charge in [-0.25, -0.2) is 5.84 Å². The number of rotatable bonds is 2. The third-order valence-corrected chi connectivity index (χ3v) is 1.72. The van der Waals surface area contributed by atoms with Crippen LogP contribution in [0.4, 0.5) is 0 Å². The number of carbonyl (C=O) groups is 1. The molecule has 5 heteroatoms. The topological polar surface area (TPSA) is 73.6 Å². The molecular formula is C7H14N2O3. The highest BCUT2D eigenvalue weighted by Gasteiger charge is 2.36. The Morgan fingerprint density at radius 2 is 2.50 bits per heavy atom. The van der Waals surface area contributed by atoms with Gasteiger partial charge in [-0.05, 0) is 13.8 Å². The summed E-state index contributed by atoms with van der Waals surface area (Å²) in [5.74, 6) is 3.84. The average molecular weight is 174 g/mol. The van der Waals surface area contributed by atoms with Crippen LogP contribution in [0.15, 0.2) is 0 Å². The first kappa shape index (κ1) is 9.44. The van der Waals surface area contributed by atoms with Gasteiger partial charge in [-0.2, -0.15) is 0 Å². The molecule has 1 rings (SSSR count). The van der Waals surface area contributed by atoms with Gasteiger partial charge in [0.2, 0.25) is 5.91 Å². The number of ether oxygens (including phenoxy) is 2. The van der Waals surface area contributed by atoms with Gasteiger partial charge in [-0.1, -0.05) is 0 Å². The molecule has 1 heterocycles. The second-order valence-corrected chi connectivity index (χ2v) is 3.12. The van der Waals surface area contributed by atoms with E-state index < -0.39 is 5.79 Å². The minimum absolute atomic E-state index is 0.0422. The van der Waals surface area contributed by atoms with Crippen molar-refractivity contribution in [3.05, 3.63) is 0 Å². The van der Waals surface area contributed by atoms with Gasteiger partial charge in [0, 0.05) is 0 Å². The van der Waals surface area contributed by atoms with E-state index >= 15 is 0 Å². The smallest absolute Gasteiger partial charge is 0.239 e. The monoisotopic (exact) mass is 174 g/mol. The fourth-order valence-electron chi connectivity index (χ4n) is 1.22. The van der Waals surface area contributed by atoms with Gasteiger partial charge in [0.1, 0.15) is 0 Å². The van der Waals surface area contributed by atoms with Gasteiger partial charge in [0.15, 0.2) is 5.79 Å². The Bertz CT molecular complexity index is 185. The Hall–Kier alpha value is -0.650. The fraction of sp³-hybridized carbons (Fsp3) is 0.857. The maximum atomic E-state index is 10.9. The standard InChI is InChI=1S/C7H14N2O3/c1-5-4-11-7(2,12-5)3-6(10)9-8/h5H,3-4,8H2,1-2H3,(H,9,10). The van der Waals surface area contributed by atoms with E-state index in [-0.39, 0.29) is 18.4 Å². The van der Waals surface area contributed by atoms with Crippen LogP contribution in [-0.4, -0.2) is 24.4 Å². The van der Waals surface area contributed by atoms with Crippen molar-refractivity contribution < 1.29 is 14.3 Å². The van der Waals surface area contributed by atoms with E-state index in [1.54, 1.807) is 6.92 Å². The van der Waals surface area contributed by atoms with Crippen molar-refractivity contribution in [2.24, 2.45) is 5.84 Å². The Kier molecular flexibility index (Phi) is 2.66. The van der Waals surface area contributed by atoms with Crippen molar-refractivity contribution in [2.75, 3.05) is 6.61 Å². The predicted octanol–water partition coefficient (Wildman–Crippen LogP) is -0.482. The maximum absolute atomic E-state index is 10.9. The number of carbonyl (C=O) groups excluding carboxylic acids is 1. The molecule has 0 aromatic heterocycles. The largest absolute Gasteiger partial charge is 0.347 e. The number of hydrogen-bond donors (Lipinski definition) is 2. The van der Waals surface area contributed by atoms with Gasteiger partial charge in [-0.15, -0.1) is 0 Å². The molecule has 0 aromatic carbocycles. The summed E-state index contributed by atoms with van der Waals surface area (Å²) in [5, 5.41) is 0. The lowest BCUT2D eigenvalue weighted by molar-refractivity contribution is -0.165. The van der Waals surface area contributed by atoms with Gasteiger partial charge in [-0.3, -0.25) is 10.2 Å². The van der Waals surface area contributed by atoms with Gasteiger partial charge >= 0.3 is 0 Å². The summed E-state index contributed by atoms with van der Waals surface area (Å²) in [6, 6.07) is 0. The van der Waals surface area contributed by atoms with Crippen LogP contribution in [0.1, 0.15) is 20.3 Å². The predicted molar refractivity (Wildman–Crippen MR) is 41.9 cm³/mol. The zero-order valence-corrected chi connectivity index (χ0v) is 7.29. The zero-order valence-electron chi connectivity index (χ0n) is 7.29. The Balaban J connectivity index is 2.45. The number of hydrazine groups is 1. The van der Waals surface area contributed by atoms with Crippen LogP contribution in [0.5, 0.6) is 0 Å². The van der Waals surface area contributed by atoms with Crippen LogP contribution >= 0.6 is 0 Å². The van der Waals surface area contributed by atoms with Crippen LogP contribution in [0.3, 0.4) is 0 Å². The molecule has 0 aliphatic carbocycles. The van der Waals surface area contributed by atoms with Crippen molar-refractivity contribution in [3.8, 4) is 0 Å². The Morgan fingerprint density at radius 1 is 1.83 bits per heavy atom. The van der Waals surface area contributed by atoms with Crippen molar-refractivity contribution in [1.29, 1.82) is 0 Å². The van der Waals surface area contributed by atoms with Crippen LogP contribution < -0.4 is 11.3 Å². The van der Waals surface area contributed by atoms with Crippen LogP contribution in [-0.2, 0) is 14.3 Å². The molecule has 0 aromatic rings. The molecule has 1 aliphatic heterocycles. The molecule has 1 saturated heterocycles. The molecule has 1 fully saturated rings. The molecular weight excluding hydrogens is 160 g/mol. The lowest BCUT2D eigenvalue weighted by Crippen LogP contribution is -2.38. The molecule has 0 bridgehead atoms. The molecule has 70 valence electrons. The molecule has 12 heavy (non-hydrogen) atoms. The lowest BCUT2D eigenvalue weighted by atomic mass is 10.2. The van der Waals surface area contributed by atoms with E-state index in [0.29, 0.717) is 6.61 Å². The zero-order chi connectivity index (χ0) is 9.19. The van der Waals surface area contributed by atoms with Crippen molar-refractivity contribution in [2.45, 2.75) is 32.2 Å². The maximum Gasteiger partial charge on any atom is 0.239 e. The Labute approximate surface area is 71.2 Å². The molecule has 2 unspecified atom stereocenters. The first-order valence-electron chi connectivity index (χ1n) is 3.87. The minimum atomic E-state index is -0.803.